The number of halogens is 2. The molecule has 21 heavy (non-hydrogen) atoms. The summed E-state index contributed by atoms with van der Waals surface area (Å²) in [6.45, 7) is 0. The first kappa shape index (κ1) is 13.7. The van der Waals surface area contributed by atoms with E-state index in [1.54, 1.807) is 18.2 Å². The average Bonchev–Trinajstić information content (AvgIpc) is 2.80. The number of rotatable bonds is 3. The van der Waals surface area contributed by atoms with Gasteiger partial charge in [-0.15, -0.1) is 0 Å². The Kier molecular flexibility index (Phi) is 3.42. The zero-order valence-electron chi connectivity index (χ0n) is 10.7. The molecule has 0 radical (unpaired) electrons. The molecular formula is C14H10F2N2O2S. The monoisotopic (exact) mass is 308 g/mol. The molecule has 0 saturated carbocycles. The van der Waals surface area contributed by atoms with Crippen LogP contribution in [0.3, 0.4) is 0 Å². The Morgan fingerprint density at radius 1 is 1.14 bits per heavy atom. The summed E-state index contributed by atoms with van der Waals surface area (Å²) in [5.41, 5.74) is 7.34. The van der Waals surface area contributed by atoms with Crippen molar-refractivity contribution in [2.75, 3.05) is 5.73 Å². The summed E-state index contributed by atoms with van der Waals surface area (Å²) < 4.78 is 43.7. The third-order valence-corrected chi connectivity index (χ3v) is 3.97. The van der Waals surface area contributed by atoms with Gasteiger partial charge in [-0.1, -0.05) is 0 Å². The van der Waals surface area contributed by atoms with Gasteiger partial charge in [0, 0.05) is 17.8 Å². The molecule has 0 aliphatic heterocycles. The summed E-state index contributed by atoms with van der Waals surface area (Å²) in [4.78, 5) is 4.08. The molecule has 1 unspecified atom stereocenters. The summed E-state index contributed by atoms with van der Waals surface area (Å²) in [6.07, 6.45) is 0. The van der Waals surface area contributed by atoms with E-state index in [9.17, 15) is 13.0 Å². The van der Waals surface area contributed by atoms with E-state index in [1.807, 2.05) is 0 Å². The van der Waals surface area contributed by atoms with Crippen molar-refractivity contribution in [2.24, 2.45) is 0 Å². The third-order valence-electron chi connectivity index (χ3n) is 2.81. The number of benzene rings is 2. The number of nitrogens with two attached hydrogens (primary N) is 1. The Bertz CT molecular complexity index is 828. The Morgan fingerprint density at radius 3 is 2.57 bits per heavy atom. The highest BCUT2D eigenvalue weighted by atomic mass is 32.2. The number of hydrogen-bond donors (Lipinski definition) is 1. The highest BCUT2D eigenvalue weighted by Gasteiger charge is 2.14. The van der Waals surface area contributed by atoms with E-state index >= 15 is 0 Å². The van der Waals surface area contributed by atoms with E-state index in [2.05, 4.69) is 4.98 Å². The second-order valence-corrected chi connectivity index (χ2v) is 5.80. The van der Waals surface area contributed by atoms with E-state index in [0.29, 0.717) is 16.8 Å². The Morgan fingerprint density at radius 2 is 1.86 bits per heavy atom. The minimum Gasteiger partial charge on any atom is -0.430 e. The molecule has 0 amide bonds. The second kappa shape index (κ2) is 5.25. The second-order valence-electron chi connectivity index (χ2n) is 4.47. The van der Waals surface area contributed by atoms with Gasteiger partial charge in [0.25, 0.3) is 5.22 Å². The third kappa shape index (κ3) is 2.92. The molecule has 4 nitrogen and oxygen atoms in total. The SMILES string of the molecule is Nc1ccc2nc(S(=O)Cc3cc(F)cc(F)c3)oc2c1. The van der Waals surface area contributed by atoms with Gasteiger partial charge in [-0.05, 0) is 29.8 Å². The fourth-order valence-corrected chi connectivity index (χ4v) is 2.90. The minimum atomic E-state index is -1.64. The zero-order valence-corrected chi connectivity index (χ0v) is 11.5. The predicted octanol–water partition coefficient (Wildman–Crippen LogP) is 3.00. The van der Waals surface area contributed by atoms with Crippen LogP contribution in [-0.4, -0.2) is 9.19 Å². The summed E-state index contributed by atoms with van der Waals surface area (Å²) in [7, 11) is -1.64. The summed E-state index contributed by atoms with van der Waals surface area (Å²) in [5, 5.41) is 0.000249. The number of fused-ring (bicyclic) bond motifs is 1. The molecule has 0 fully saturated rings. The lowest BCUT2D eigenvalue weighted by molar-refractivity contribution is 0.477. The van der Waals surface area contributed by atoms with Gasteiger partial charge in [0.15, 0.2) is 5.58 Å². The largest absolute Gasteiger partial charge is 0.430 e. The molecule has 2 aromatic carbocycles. The van der Waals surface area contributed by atoms with Crippen LogP contribution in [0.15, 0.2) is 46.0 Å². The highest BCUT2D eigenvalue weighted by molar-refractivity contribution is 7.84. The number of oxazole rings is 1. The van der Waals surface area contributed by atoms with Crippen LogP contribution in [0.2, 0.25) is 0 Å². The Balaban J connectivity index is 1.89. The predicted molar refractivity (Wildman–Crippen MR) is 74.9 cm³/mol. The number of nitrogen functional groups attached to an aromatic ring is 1. The lowest BCUT2D eigenvalue weighted by Crippen LogP contribution is -1.98. The van der Waals surface area contributed by atoms with Crippen LogP contribution in [0.25, 0.3) is 11.1 Å². The van der Waals surface area contributed by atoms with Gasteiger partial charge in [-0.3, -0.25) is 0 Å². The number of aromatic nitrogens is 1. The lowest BCUT2D eigenvalue weighted by Gasteiger charge is -2.00. The van der Waals surface area contributed by atoms with E-state index in [1.165, 1.54) is 0 Å². The quantitative estimate of drug-likeness (QED) is 0.755. The van der Waals surface area contributed by atoms with Crippen LogP contribution < -0.4 is 5.73 Å². The van der Waals surface area contributed by atoms with Crippen LogP contribution in [0.4, 0.5) is 14.5 Å². The van der Waals surface area contributed by atoms with Gasteiger partial charge in [-0.25, -0.2) is 18.0 Å². The molecule has 0 saturated heterocycles. The maximum atomic E-state index is 13.1. The number of hydrogen-bond acceptors (Lipinski definition) is 4. The van der Waals surface area contributed by atoms with Crippen LogP contribution >= 0.6 is 0 Å². The van der Waals surface area contributed by atoms with Gasteiger partial charge >= 0.3 is 0 Å². The van der Waals surface area contributed by atoms with Crippen molar-refractivity contribution < 1.29 is 17.4 Å². The summed E-state index contributed by atoms with van der Waals surface area (Å²) in [6, 6.07) is 7.89. The smallest absolute Gasteiger partial charge is 0.288 e. The molecule has 1 atom stereocenters. The topological polar surface area (TPSA) is 69.1 Å². The first-order valence-electron chi connectivity index (χ1n) is 6.01. The summed E-state index contributed by atoms with van der Waals surface area (Å²) in [5.74, 6) is -1.52. The Labute approximate surface area is 121 Å². The van der Waals surface area contributed by atoms with E-state index in [0.717, 1.165) is 18.2 Å². The molecule has 108 valence electrons. The van der Waals surface area contributed by atoms with Gasteiger partial charge in [-0.2, -0.15) is 0 Å². The van der Waals surface area contributed by atoms with Crippen molar-refractivity contribution in [1.82, 2.24) is 4.98 Å². The molecule has 0 spiro atoms. The first-order chi connectivity index (χ1) is 10.0. The fraction of sp³-hybridized carbons (Fsp3) is 0.0714. The van der Waals surface area contributed by atoms with Crippen LogP contribution in [0.5, 0.6) is 0 Å². The normalized spacial score (nSPS) is 12.7. The van der Waals surface area contributed by atoms with E-state index in [-0.39, 0.29) is 16.5 Å². The lowest BCUT2D eigenvalue weighted by atomic mass is 10.2. The average molecular weight is 308 g/mol. The van der Waals surface area contributed by atoms with Gasteiger partial charge in [0.2, 0.25) is 0 Å². The van der Waals surface area contributed by atoms with E-state index < -0.39 is 22.4 Å². The molecule has 0 bridgehead atoms. The molecule has 1 heterocycles. The van der Waals surface area contributed by atoms with Crippen LogP contribution in [0.1, 0.15) is 5.56 Å². The van der Waals surface area contributed by atoms with Gasteiger partial charge in [0.05, 0.1) is 5.75 Å². The maximum Gasteiger partial charge on any atom is 0.288 e. The minimum absolute atomic E-state index is 0.000249. The molecule has 0 aliphatic carbocycles. The van der Waals surface area contributed by atoms with Crippen molar-refractivity contribution >= 4 is 27.6 Å². The zero-order chi connectivity index (χ0) is 15.0. The molecule has 3 aromatic rings. The standard InChI is InChI=1S/C14H10F2N2O2S/c15-9-3-8(4-10(16)5-9)7-21(19)14-18-12-2-1-11(17)6-13(12)20-14/h1-6H,7,17H2. The van der Waals surface area contributed by atoms with Gasteiger partial charge < -0.3 is 10.2 Å². The fourth-order valence-electron chi connectivity index (χ4n) is 1.92. The highest BCUT2D eigenvalue weighted by Crippen LogP contribution is 2.22. The van der Waals surface area contributed by atoms with Crippen molar-refractivity contribution in [1.29, 1.82) is 0 Å². The van der Waals surface area contributed by atoms with Crippen molar-refractivity contribution in [3.8, 4) is 0 Å². The maximum absolute atomic E-state index is 13.1. The molecule has 1 aromatic heterocycles. The summed E-state index contributed by atoms with van der Waals surface area (Å²) >= 11 is 0. The van der Waals surface area contributed by atoms with Crippen LogP contribution in [0, 0.1) is 11.6 Å². The van der Waals surface area contributed by atoms with Crippen molar-refractivity contribution in [2.45, 2.75) is 11.0 Å². The molecule has 2 N–H and O–H groups in total. The molecule has 0 aliphatic rings. The van der Waals surface area contributed by atoms with Crippen molar-refractivity contribution in [3.63, 3.8) is 0 Å². The molecule has 7 heteroatoms. The molecular weight excluding hydrogens is 298 g/mol. The molecule has 3 rings (SSSR count). The first-order valence-corrected chi connectivity index (χ1v) is 7.32. The number of anilines is 1. The van der Waals surface area contributed by atoms with E-state index in [4.69, 9.17) is 10.2 Å². The van der Waals surface area contributed by atoms with Gasteiger partial charge in [0.1, 0.15) is 28.0 Å². The van der Waals surface area contributed by atoms with Crippen LogP contribution in [-0.2, 0) is 16.6 Å². The van der Waals surface area contributed by atoms with Crippen molar-refractivity contribution in [3.05, 3.63) is 53.6 Å². The number of nitrogens with zero attached hydrogens (tertiary/aromatic N) is 1. The Hall–Kier alpha value is -2.28.